The second kappa shape index (κ2) is 7.77. The molecule has 0 spiro atoms. The molecule has 1 aromatic heterocycles. The number of amides is 4. The van der Waals surface area contributed by atoms with Crippen molar-refractivity contribution in [3.05, 3.63) is 53.2 Å². The lowest BCUT2D eigenvalue weighted by molar-refractivity contribution is -0.136. The largest absolute Gasteiger partial charge is 0.459 e. The topological polar surface area (TPSA) is 103 Å². The zero-order valence-electron chi connectivity index (χ0n) is 17.2. The number of rotatable bonds is 3. The zero-order valence-corrected chi connectivity index (χ0v) is 17.2. The number of piperazine rings is 1. The minimum atomic E-state index is -0.758. The Kier molecular flexibility index (Phi) is 4.91. The number of furan rings is 1. The molecule has 9 nitrogen and oxygen atoms in total. The summed E-state index contributed by atoms with van der Waals surface area (Å²) in [5, 5.41) is 2.27. The molecule has 4 amide bonds. The number of nitrogens with one attached hydrogen (secondary N) is 1. The Labute approximate surface area is 182 Å². The fourth-order valence-corrected chi connectivity index (χ4v) is 4.60. The summed E-state index contributed by atoms with van der Waals surface area (Å²) in [6.45, 7) is 1.96. The Morgan fingerprint density at radius 3 is 2.59 bits per heavy atom. The number of hydrogen-bond donors (Lipinski definition) is 1. The maximum absolute atomic E-state index is 14.4. The van der Waals surface area contributed by atoms with Crippen LogP contribution in [0.4, 0.5) is 10.1 Å². The average molecular weight is 440 g/mol. The van der Waals surface area contributed by atoms with E-state index in [1.54, 1.807) is 17.0 Å². The number of fused-ring (bicyclic) bond motifs is 1. The minimum Gasteiger partial charge on any atom is -0.459 e. The second-order valence-electron chi connectivity index (χ2n) is 8.11. The Balaban J connectivity index is 1.35. The van der Waals surface area contributed by atoms with E-state index in [1.165, 1.54) is 23.3 Å². The number of nitrogens with zero attached hydrogens (tertiary/aromatic N) is 3. The summed E-state index contributed by atoms with van der Waals surface area (Å²) in [7, 11) is 0. The van der Waals surface area contributed by atoms with E-state index < -0.39 is 23.7 Å². The number of piperidine rings is 1. The van der Waals surface area contributed by atoms with Crippen LogP contribution in [0.25, 0.3) is 0 Å². The first-order valence-electron chi connectivity index (χ1n) is 10.5. The lowest BCUT2D eigenvalue weighted by Gasteiger charge is -2.36. The first kappa shape index (κ1) is 20.2. The molecule has 1 atom stereocenters. The molecular weight excluding hydrogens is 419 g/mol. The highest BCUT2D eigenvalue weighted by molar-refractivity contribution is 6.06. The standard InChI is InChI=1S/C22H21FN4O5/c23-13-10-14-15(12-27(21(14)30)16-3-4-19(28)24-20(16)29)17(11-13)25-5-7-26(8-6-25)22(31)18-2-1-9-32-18/h1-2,9-11,16H,3-8,12H2,(H,24,28,29). The molecule has 4 heterocycles. The van der Waals surface area contributed by atoms with Crippen molar-refractivity contribution in [2.75, 3.05) is 31.1 Å². The third-order valence-corrected chi connectivity index (χ3v) is 6.24. The zero-order chi connectivity index (χ0) is 22.4. The van der Waals surface area contributed by atoms with Crippen LogP contribution in [0.1, 0.15) is 39.3 Å². The quantitative estimate of drug-likeness (QED) is 0.718. The molecule has 166 valence electrons. The molecule has 2 fully saturated rings. The Morgan fingerprint density at radius 2 is 1.91 bits per heavy atom. The summed E-state index contributed by atoms with van der Waals surface area (Å²) >= 11 is 0. The maximum Gasteiger partial charge on any atom is 0.289 e. The van der Waals surface area contributed by atoms with E-state index in [4.69, 9.17) is 4.42 Å². The summed E-state index contributed by atoms with van der Waals surface area (Å²) in [5.41, 5.74) is 1.49. The van der Waals surface area contributed by atoms with Gasteiger partial charge in [-0.15, -0.1) is 0 Å². The number of carbonyl (C=O) groups excluding carboxylic acids is 4. The molecule has 1 N–H and O–H groups in total. The molecular formula is C22H21FN4O5. The molecule has 3 aliphatic heterocycles. The van der Waals surface area contributed by atoms with Crippen LogP contribution in [0.5, 0.6) is 0 Å². The van der Waals surface area contributed by atoms with Gasteiger partial charge in [0.1, 0.15) is 11.9 Å². The molecule has 0 bridgehead atoms. The number of anilines is 1. The molecule has 10 heteroatoms. The Bertz CT molecular complexity index is 1110. The van der Waals surface area contributed by atoms with Gasteiger partial charge in [-0.2, -0.15) is 0 Å². The highest BCUT2D eigenvalue weighted by atomic mass is 19.1. The summed E-state index contributed by atoms with van der Waals surface area (Å²) in [6, 6.07) is 5.10. The summed E-state index contributed by atoms with van der Waals surface area (Å²) in [6.07, 6.45) is 1.85. The summed E-state index contributed by atoms with van der Waals surface area (Å²) in [5.74, 6) is -1.74. The van der Waals surface area contributed by atoms with Gasteiger partial charge >= 0.3 is 0 Å². The number of carbonyl (C=O) groups is 4. The van der Waals surface area contributed by atoms with E-state index in [1.807, 2.05) is 4.90 Å². The van der Waals surface area contributed by atoms with E-state index in [2.05, 4.69) is 5.32 Å². The SMILES string of the molecule is O=C1CCC(N2Cc3c(cc(F)cc3N3CCN(C(=O)c4ccco4)CC3)C2=O)C(=O)N1. The van der Waals surface area contributed by atoms with Crippen molar-refractivity contribution >= 4 is 29.3 Å². The van der Waals surface area contributed by atoms with Crippen LogP contribution in [0.15, 0.2) is 34.9 Å². The minimum absolute atomic E-state index is 0.156. The molecule has 0 saturated carbocycles. The van der Waals surface area contributed by atoms with Crippen molar-refractivity contribution in [2.45, 2.75) is 25.4 Å². The van der Waals surface area contributed by atoms with E-state index in [9.17, 15) is 23.6 Å². The predicted octanol–water partition coefficient (Wildman–Crippen LogP) is 1.14. The molecule has 1 aromatic carbocycles. The number of imide groups is 1. The van der Waals surface area contributed by atoms with Gasteiger partial charge in [0.25, 0.3) is 11.8 Å². The molecule has 5 rings (SSSR count). The Hall–Kier alpha value is -3.69. The van der Waals surface area contributed by atoms with Crippen LogP contribution in [-0.2, 0) is 16.1 Å². The van der Waals surface area contributed by atoms with Gasteiger partial charge in [-0.25, -0.2) is 4.39 Å². The number of halogens is 1. The van der Waals surface area contributed by atoms with E-state index >= 15 is 0 Å². The normalized spacial score (nSPS) is 21.1. The predicted molar refractivity (Wildman–Crippen MR) is 109 cm³/mol. The first-order valence-corrected chi connectivity index (χ1v) is 10.5. The molecule has 3 aliphatic rings. The van der Waals surface area contributed by atoms with Crippen molar-refractivity contribution in [3.8, 4) is 0 Å². The van der Waals surface area contributed by atoms with Crippen molar-refractivity contribution in [1.29, 1.82) is 0 Å². The van der Waals surface area contributed by atoms with Crippen molar-refractivity contribution in [1.82, 2.24) is 15.1 Å². The molecule has 32 heavy (non-hydrogen) atoms. The smallest absolute Gasteiger partial charge is 0.289 e. The summed E-state index contributed by atoms with van der Waals surface area (Å²) in [4.78, 5) is 54.3. The van der Waals surface area contributed by atoms with Gasteiger partial charge in [0.2, 0.25) is 11.8 Å². The lowest BCUT2D eigenvalue weighted by Crippen LogP contribution is -2.52. The van der Waals surface area contributed by atoms with Gasteiger partial charge in [0, 0.05) is 56.0 Å². The van der Waals surface area contributed by atoms with Crippen LogP contribution < -0.4 is 10.2 Å². The Morgan fingerprint density at radius 1 is 1.12 bits per heavy atom. The average Bonchev–Trinajstić information content (AvgIpc) is 3.42. The monoisotopic (exact) mass is 440 g/mol. The summed E-state index contributed by atoms with van der Waals surface area (Å²) < 4.78 is 19.6. The third kappa shape index (κ3) is 3.41. The number of hydrogen-bond acceptors (Lipinski definition) is 6. The van der Waals surface area contributed by atoms with Crippen LogP contribution in [0, 0.1) is 5.82 Å². The molecule has 1 unspecified atom stereocenters. The van der Waals surface area contributed by atoms with E-state index in [0.717, 1.165) is 0 Å². The van der Waals surface area contributed by atoms with Crippen LogP contribution >= 0.6 is 0 Å². The van der Waals surface area contributed by atoms with E-state index in [0.29, 0.717) is 37.4 Å². The van der Waals surface area contributed by atoms with Crippen molar-refractivity contribution in [3.63, 3.8) is 0 Å². The van der Waals surface area contributed by atoms with Gasteiger partial charge in [0.05, 0.1) is 6.26 Å². The first-order chi connectivity index (χ1) is 15.4. The fourth-order valence-electron chi connectivity index (χ4n) is 4.60. The van der Waals surface area contributed by atoms with Gasteiger partial charge in [0.15, 0.2) is 5.76 Å². The number of benzene rings is 1. The highest BCUT2D eigenvalue weighted by Crippen LogP contribution is 2.35. The van der Waals surface area contributed by atoms with Gasteiger partial charge in [-0.05, 0) is 30.7 Å². The highest BCUT2D eigenvalue weighted by Gasteiger charge is 2.41. The lowest BCUT2D eigenvalue weighted by atomic mass is 10.0. The third-order valence-electron chi connectivity index (χ3n) is 6.24. The molecule has 0 radical (unpaired) electrons. The maximum atomic E-state index is 14.4. The van der Waals surface area contributed by atoms with Crippen LogP contribution in [-0.4, -0.2) is 65.6 Å². The molecule has 2 saturated heterocycles. The van der Waals surface area contributed by atoms with Crippen molar-refractivity contribution < 1.29 is 28.0 Å². The second-order valence-corrected chi connectivity index (χ2v) is 8.11. The van der Waals surface area contributed by atoms with E-state index in [-0.39, 0.29) is 42.5 Å². The molecule has 2 aromatic rings. The van der Waals surface area contributed by atoms with Crippen molar-refractivity contribution in [2.24, 2.45) is 0 Å². The van der Waals surface area contributed by atoms with Crippen LogP contribution in [0.2, 0.25) is 0 Å². The molecule has 0 aliphatic carbocycles. The van der Waals surface area contributed by atoms with Crippen LogP contribution in [0.3, 0.4) is 0 Å². The van der Waals surface area contributed by atoms with Gasteiger partial charge in [-0.3, -0.25) is 24.5 Å². The fraction of sp³-hybridized carbons (Fsp3) is 0.364. The van der Waals surface area contributed by atoms with Gasteiger partial charge in [-0.1, -0.05) is 0 Å². The van der Waals surface area contributed by atoms with Gasteiger partial charge < -0.3 is 19.1 Å².